The fraction of sp³-hybridized carbons (Fsp3) is 0.414. The quantitative estimate of drug-likeness (QED) is 0.311. The molecular formula is C29H32F3N9. The SMILES string of the molecule is Cc1ccc2c(c1)c(N1CCN(C(Cc3cnc(-c4ncc5c(n4)c(C)nn5C)cc3C)C(F)(F)F)CC1)nn2C. The first-order valence-electron chi connectivity index (χ1n) is 13.6. The predicted molar refractivity (Wildman–Crippen MR) is 152 cm³/mol. The minimum absolute atomic E-state index is 0.171. The third-order valence-electron chi connectivity index (χ3n) is 8.04. The lowest BCUT2D eigenvalue weighted by Gasteiger charge is -2.40. The Morgan fingerprint density at radius 1 is 0.878 bits per heavy atom. The lowest BCUT2D eigenvalue weighted by molar-refractivity contribution is -0.184. The third-order valence-corrected chi connectivity index (χ3v) is 8.04. The summed E-state index contributed by atoms with van der Waals surface area (Å²) in [6, 6.07) is 6.31. The van der Waals surface area contributed by atoms with E-state index in [0.29, 0.717) is 30.2 Å². The van der Waals surface area contributed by atoms with E-state index in [1.165, 1.54) is 6.20 Å². The molecule has 6 rings (SSSR count). The van der Waals surface area contributed by atoms with Crippen molar-refractivity contribution in [2.75, 3.05) is 31.1 Å². The Morgan fingerprint density at radius 2 is 1.61 bits per heavy atom. The van der Waals surface area contributed by atoms with E-state index >= 15 is 0 Å². The fourth-order valence-corrected chi connectivity index (χ4v) is 5.75. The van der Waals surface area contributed by atoms with E-state index in [2.05, 4.69) is 36.1 Å². The molecule has 5 aromatic rings. The molecular weight excluding hydrogens is 531 g/mol. The van der Waals surface area contributed by atoms with Gasteiger partial charge in [0.05, 0.1) is 17.4 Å². The first kappa shape index (κ1) is 27.1. The standard InChI is InChI=1S/C29H32F3N9/c1-17-6-7-23-21(12-17)28(37-38(23)4)41-10-8-40(9-11-41)25(29(30,31)32)14-20-15-33-22(13-18(20)2)27-34-16-24-26(35-27)19(3)36-39(24)5/h6-7,12-13,15-16,25H,8-11,14H2,1-5H3. The van der Waals surface area contributed by atoms with Gasteiger partial charge in [-0.05, 0) is 56.5 Å². The van der Waals surface area contributed by atoms with Crippen LogP contribution in [0.25, 0.3) is 33.5 Å². The predicted octanol–water partition coefficient (Wildman–Crippen LogP) is 4.53. The minimum atomic E-state index is -4.38. The Morgan fingerprint density at radius 3 is 2.32 bits per heavy atom. The number of piperazine rings is 1. The molecule has 1 aliphatic heterocycles. The number of fused-ring (bicyclic) bond motifs is 2. The van der Waals surface area contributed by atoms with Gasteiger partial charge in [0.1, 0.15) is 22.8 Å². The first-order chi connectivity index (χ1) is 19.5. The van der Waals surface area contributed by atoms with Crippen LogP contribution in [-0.4, -0.2) is 77.8 Å². The van der Waals surface area contributed by atoms with E-state index in [1.807, 2.05) is 51.7 Å². The number of nitrogens with zero attached hydrogens (tertiary/aromatic N) is 9. The molecule has 0 amide bonds. The van der Waals surface area contributed by atoms with Crippen LogP contribution < -0.4 is 4.90 Å². The highest BCUT2D eigenvalue weighted by molar-refractivity contribution is 5.91. The summed E-state index contributed by atoms with van der Waals surface area (Å²) in [6.07, 6.45) is -1.33. The van der Waals surface area contributed by atoms with Crippen LogP contribution in [-0.2, 0) is 20.5 Å². The van der Waals surface area contributed by atoms with Crippen molar-refractivity contribution in [2.24, 2.45) is 14.1 Å². The summed E-state index contributed by atoms with van der Waals surface area (Å²) >= 11 is 0. The fourth-order valence-electron chi connectivity index (χ4n) is 5.75. The minimum Gasteiger partial charge on any atom is -0.352 e. The average Bonchev–Trinajstić information content (AvgIpc) is 3.41. The number of rotatable bonds is 5. The monoisotopic (exact) mass is 563 g/mol. The van der Waals surface area contributed by atoms with Gasteiger partial charge < -0.3 is 4.90 Å². The molecule has 0 N–H and O–H groups in total. The second-order valence-corrected chi connectivity index (χ2v) is 10.9. The maximum atomic E-state index is 14.4. The van der Waals surface area contributed by atoms with Gasteiger partial charge in [0.2, 0.25) is 0 Å². The van der Waals surface area contributed by atoms with Gasteiger partial charge in [0, 0.05) is 51.9 Å². The zero-order chi connectivity index (χ0) is 29.1. The van der Waals surface area contributed by atoms with E-state index in [0.717, 1.165) is 44.6 Å². The Kier molecular flexibility index (Phi) is 6.68. The van der Waals surface area contributed by atoms with Crippen LogP contribution in [0.1, 0.15) is 22.4 Å². The van der Waals surface area contributed by atoms with Crippen LogP contribution in [0.4, 0.5) is 19.0 Å². The van der Waals surface area contributed by atoms with Crippen molar-refractivity contribution >= 4 is 27.8 Å². The van der Waals surface area contributed by atoms with Crippen molar-refractivity contribution in [3.05, 3.63) is 59.0 Å². The van der Waals surface area contributed by atoms with Crippen molar-refractivity contribution in [1.29, 1.82) is 0 Å². The number of anilines is 1. The Bertz CT molecular complexity index is 1750. The number of halogens is 3. The van der Waals surface area contributed by atoms with Crippen LogP contribution in [0.2, 0.25) is 0 Å². The number of aryl methyl sites for hydroxylation is 5. The van der Waals surface area contributed by atoms with Crippen molar-refractivity contribution in [3.8, 4) is 11.5 Å². The summed E-state index contributed by atoms with van der Waals surface area (Å²) in [6.45, 7) is 7.23. The lowest BCUT2D eigenvalue weighted by Crippen LogP contribution is -2.55. The van der Waals surface area contributed by atoms with Gasteiger partial charge in [0.25, 0.3) is 0 Å². The molecule has 0 saturated carbocycles. The molecule has 0 spiro atoms. The summed E-state index contributed by atoms with van der Waals surface area (Å²) in [7, 11) is 3.72. The average molecular weight is 564 g/mol. The van der Waals surface area contributed by atoms with Gasteiger partial charge in [-0.2, -0.15) is 23.4 Å². The Hall–Kier alpha value is -4.06. The maximum absolute atomic E-state index is 14.4. The lowest BCUT2D eigenvalue weighted by atomic mass is 10.00. The highest BCUT2D eigenvalue weighted by atomic mass is 19.4. The second-order valence-electron chi connectivity index (χ2n) is 10.9. The van der Waals surface area contributed by atoms with Crippen LogP contribution in [0.5, 0.6) is 0 Å². The number of aromatic nitrogens is 7. The van der Waals surface area contributed by atoms with Crippen LogP contribution in [0, 0.1) is 20.8 Å². The molecule has 1 saturated heterocycles. The molecule has 0 radical (unpaired) electrons. The van der Waals surface area contributed by atoms with Crippen molar-refractivity contribution < 1.29 is 13.2 Å². The molecule has 1 fully saturated rings. The van der Waals surface area contributed by atoms with Crippen LogP contribution >= 0.6 is 0 Å². The maximum Gasteiger partial charge on any atom is 0.404 e. The first-order valence-corrected chi connectivity index (χ1v) is 13.6. The Labute approximate surface area is 235 Å². The molecule has 1 atom stereocenters. The zero-order valence-corrected chi connectivity index (χ0v) is 23.7. The van der Waals surface area contributed by atoms with E-state index in [-0.39, 0.29) is 19.5 Å². The summed E-state index contributed by atoms with van der Waals surface area (Å²) in [4.78, 5) is 17.1. The molecule has 12 heteroatoms. The molecule has 1 unspecified atom stereocenters. The molecule has 214 valence electrons. The number of hydrogen-bond acceptors (Lipinski definition) is 7. The highest BCUT2D eigenvalue weighted by Crippen LogP contribution is 2.32. The van der Waals surface area contributed by atoms with Crippen molar-refractivity contribution in [1.82, 2.24) is 39.4 Å². The molecule has 9 nitrogen and oxygen atoms in total. The van der Waals surface area contributed by atoms with E-state index in [9.17, 15) is 13.2 Å². The highest BCUT2D eigenvalue weighted by Gasteiger charge is 2.44. The van der Waals surface area contributed by atoms with E-state index < -0.39 is 12.2 Å². The topological polar surface area (TPSA) is 80.8 Å². The van der Waals surface area contributed by atoms with Gasteiger partial charge in [0.15, 0.2) is 11.6 Å². The number of alkyl halides is 3. The van der Waals surface area contributed by atoms with Gasteiger partial charge in [-0.3, -0.25) is 19.2 Å². The molecule has 1 aliphatic rings. The Balaban J connectivity index is 1.20. The molecule has 1 aromatic carbocycles. The molecule has 4 aromatic heterocycles. The molecule has 41 heavy (non-hydrogen) atoms. The van der Waals surface area contributed by atoms with Crippen molar-refractivity contribution in [3.63, 3.8) is 0 Å². The molecule has 0 aliphatic carbocycles. The summed E-state index contributed by atoms with van der Waals surface area (Å²) in [5.74, 6) is 1.25. The summed E-state index contributed by atoms with van der Waals surface area (Å²) < 4.78 is 46.8. The second kappa shape index (κ2) is 10.1. The van der Waals surface area contributed by atoms with Gasteiger partial charge in [-0.1, -0.05) is 11.6 Å². The number of benzene rings is 1. The smallest absolute Gasteiger partial charge is 0.352 e. The summed E-state index contributed by atoms with van der Waals surface area (Å²) in [5, 5.41) is 10.1. The third kappa shape index (κ3) is 5.01. The largest absolute Gasteiger partial charge is 0.404 e. The van der Waals surface area contributed by atoms with Crippen molar-refractivity contribution in [2.45, 2.75) is 39.4 Å². The zero-order valence-electron chi connectivity index (χ0n) is 23.7. The van der Waals surface area contributed by atoms with Gasteiger partial charge >= 0.3 is 6.18 Å². The normalized spacial score (nSPS) is 15.8. The van der Waals surface area contributed by atoms with Gasteiger partial charge in [-0.15, -0.1) is 0 Å². The van der Waals surface area contributed by atoms with Crippen LogP contribution in [0.3, 0.4) is 0 Å². The number of pyridine rings is 1. The molecule has 5 heterocycles. The molecule has 0 bridgehead atoms. The van der Waals surface area contributed by atoms with E-state index in [4.69, 9.17) is 0 Å². The van der Waals surface area contributed by atoms with Crippen LogP contribution in [0.15, 0.2) is 36.7 Å². The number of hydrogen-bond donors (Lipinski definition) is 0. The van der Waals surface area contributed by atoms with Gasteiger partial charge in [-0.25, -0.2) is 9.97 Å². The summed E-state index contributed by atoms with van der Waals surface area (Å²) in [5.41, 5.74) is 6.24. The van der Waals surface area contributed by atoms with E-state index in [1.54, 1.807) is 21.8 Å².